The zero-order valence-electron chi connectivity index (χ0n) is 23.3. The van der Waals surface area contributed by atoms with E-state index in [0.717, 1.165) is 38.5 Å². The number of carbonyl (C=O) groups excluding carboxylic acids is 2. The Bertz CT molecular complexity index is 2330. The summed E-state index contributed by atoms with van der Waals surface area (Å²) in [6.07, 6.45) is 3.32. The number of carbonyl (C=O) groups is 2. The number of amides is 2. The van der Waals surface area contributed by atoms with Gasteiger partial charge in [-0.3, -0.25) is 14.6 Å². The van der Waals surface area contributed by atoms with E-state index >= 15 is 0 Å². The number of hydrogen-bond donors (Lipinski definition) is 0. The SMILES string of the molecule is [C-]#[N+]c1ccncc1-c1cccc2c3ccccc3n(-c3cccc4c3C(=O)N(c3ccc(-c5ccccc5)cc3)C4=O)c12. The molecule has 1 aliphatic heterocycles. The Hall–Kier alpha value is -6.32. The molecule has 8 rings (SSSR count). The molecule has 44 heavy (non-hydrogen) atoms. The molecule has 206 valence electrons. The number of rotatable bonds is 4. The van der Waals surface area contributed by atoms with Crippen molar-refractivity contribution in [3.63, 3.8) is 0 Å². The van der Waals surface area contributed by atoms with Crippen LogP contribution in [0, 0.1) is 6.57 Å². The normalized spacial score (nSPS) is 12.6. The summed E-state index contributed by atoms with van der Waals surface area (Å²) in [7, 11) is 0. The second kappa shape index (κ2) is 9.90. The second-order valence-electron chi connectivity index (χ2n) is 10.6. The van der Waals surface area contributed by atoms with Crippen LogP contribution in [0.15, 0.2) is 134 Å². The van der Waals surface area contributed by atoms with Crippen molar-refractivity contribution >= 4 is 45.0 Å². The molecule has 0 radical (unpaired) electrons. The van der Waals surface area contributed by atoms with Crippen LogP contribution in [0.4, 0.5) is 11.4 Å². The molecule has 0 saturated carbocycles. The van der Waals surface area contributed by atoms with Crippen LogP contribution < -0.4 is 4.90 Å². The Morgan fingerprint density at radius 1 is 0.614 bits per heavy atom. The Balaban J connectivity index is 1.34. The molecule has 7 aromatic rings. The standard InChI is InChI=1S/C38H22N4O2/c1-39-32-21-22-40-23-31(32)29-13-7-12-28-27-11-5-6-15-33(27)42(36(28)29)34-16-8-14-30-35(34)38(44)41(37(30)43)26-19-17-25(18-20-26)24-9-3-2-4-10-24/h2-23H. The first-order valence-corrected chi connectivity index (χ1v) is 14.2. The minimum Gasteiger partial charge on any atom is -0.308 e. The van der Waals surface area contributed by atoms with Gasteiger partial charge in [-0.05, 0) is 53.1 Å². The molecule has 3 heterocycles. The molecular formula is C38H22N4O2. The lowest BCUT2D eigenvalue weighted by Crippen LogP contribution is -2.29. The molecule has 0 N–H and O–H groups in total. The lowest BCUT2D eigenvalue weighted by Gasteiger charge is -2.16. The zero-order valence-corrected chi connectivity index (χ0v) is 23.3. The van der Waals surface area contributed by atoms with Crippen LogP contribution in [0.2, 0.25) is 0 Å². The summed E-state index contributed by atoms with van der Waals surface area (Å²) < 4.78 is 2.05. The van der Waals surface area contributed by atoms with Crippen molar-refractivity contribution < 1.29 is 9.59 Å². The highest BCUT2D eigenvalue weighted by atomic mass is 16.2. The van der Waals surface area contributed by atoms with E-state index in [1.807, 2.05) is 114 Å². The van der Waals surface area contributed by atoms with Gasteiger partial charge in [-0.2, -0.15) is 0 Å². The van der Waals surface area contributed by atoms with E-state index in [1.165, 1.54) is 4.90 Å². The number of pyridine rings is 1. The summed E-state index contributed by atoms with van der Waals surface area (Å²) in [5, 5.41) is 1.97. The zero-order chi connectivity index (χ0) is 29.8. The molecule has 0 aliphatic carbocycles. The van der Waals surface area contributed by atoms with E-state index in [2.05, 4.69) is 9.83 Å². The average Bonchev–Trinajstić information content (AvgIpc) is 3.56. The smallest absolute Gasteiger partial charge is 0.268 e. The van der Waals surface area contributed by atoms with Gasteiger partial charge in [0.25, 0.3) is 11.8 Å². The Kier molecular flexibility index (Phi) is 5.71. The molecule has 6 nitrogen and oxygen atoms in total. The number of aromatic nitrogens is 2. The van der Waals surface area contributed by atoms with Crippen molar-refractivity contribution in [2.24, 2.45) is 0 Å². The number of imide groups is 1. The third-order valence-electron chi connectivity index (χ3n) is 8.27. The minimum atomic E-state index is -0.375. The van der Waals surface area contributed by atoms with Crippen LogP contribution in [0.1, 0.15) is 20.7 Å². The van der Waals surface area contributed by atoms with Crippen LogP contribution in [-0.2, 0) is 0 Å². The highest BCUT2D eigenvalue weighted by Gasteiger charge is 2.39. The van der Waals surface area contributed by atoms with Gasteiger partial charge in [0.15, 0.2) is 5.69 Å². The number of benzene rings is 5. The lowest BCUT2D eigenvalue weighted by atomic mass is 10.0. The van der Waals surface area contributed by atoms with Gasteiger partial charge in [0.2, 0.25) is 0 Å². The summed E-state index contributed by atoms with van der Waals surface area (Å²) in [5.74, 6) is -0.734. The fraction of sp³-hybridized carbons (Fsp3) is 0. The molecule has 6 heteroatoms. The maximum Gasteiger partial charge on any atom is 0.268 e. The van der Waals surface area contributed by atoms with Gasteiger partial charge >= 0.3 is 0 Å². The van der Waals surface area contributed by atoms with Gasteiger partial charge in [0.05, 0.1) is 40.1 Å². The number of anilines is 1. The van der Waals surface area contributed by atoms with Gasteiger partial charge in [0.1, 0.15) is 0 Å². The average molecular weight is 567 g/mol. The fourth-order valence-corrected chi connectivity index (χ4v) is 6.30. The minimum absolute atomic E-state index is 0.346. The topological polar surface area (TPSA) is 59.6 Å². The third-order valence-corrected chi connectivity index (χ3v) is 8.27. The maximum absolute atomic E-state index is 14.2. The fourth-order valence-electron chi connectivity index (χ4n) is 6.30. The monoisotopic (exact) mass is 566 g/mol. The van der Waals surface area contributed by atoms with E-state index in [0.29, 0.717) is 33.8 Å². The highest BCUT2D eigenvalue weighted by Crippen LogP contribution is 2.42. The van der Waals surface area contributed by atoms with Crippen molar-refractivity contribution in [3.05, 3.63) is 156 Å². The van der Waals surface area contributed by atoms with E-state index in [-0.39, 0.29) is 11.8 Å². The highest BCUT2D eigenvalue weighted by molar-refractivity contribution is 6.36. The Labute approximate surface area is 252 Å². The number of nitrogens with zero attached hydrogens (tertiary/aromatic N) is 4. The van der Waals surface area contributed by atoms with Gasteiger partial charge in [-0.25, -0.2) is 9.74 Å². The van der Waals surface area contributed by atoms with Crippen LogP contribution in [0.25, 0.3) is 54.6 Å². The molecule has 0 saturated heterocycles. The first kappa shape index (κ1) is 25.4. The summed E-state index contributed by atoms with van der Waals surface area (Å²) in [4.78, 5) is 37.4. The van der Waals surface area contributed by atoms with Crippen molar-refractivity contribution in [1.29, 1.82) is 0 Å². The van der Waals surface area contributed by atoms with Gasteiger partial charge in [-0.1, -0.05) is 84.9 Å². The van der Waals surface area contributed by atoms with Gasteiger partial charge in [0, 0.05) is 28.7 Å². The third kappa shape index (κ3) is 3.70. The van der Waals surface area contributed by atoms with E-state index < -0.39 is 0 Å². The van der Waals surface area contributed by atoms with E-state index in [4.69, 9.17) is 6.57 Å². The van der Waals surface area contributed by atoms with Crippen molar-refractivity contribution in [2.45, 2.75) is 0 Å². The molecule has 1 aliphatic rings. The van der Waals surface area contributed by atoms with Crippen LogP contribution in [0.5, 0.6) is 0 Å². The summed E-state index contributed by atoms with van der Waals surface area (Å²) in [6.45, 7) is 7.78. The predicted molar refractivity (Wildman–Crippen MR) is 173 cm³/mol. The maximum atomic E-state index is 14.2. The van der Waals surface area contributed by atoms with Crippen LogP contribution in [-0.4, -0.2) is 21.4 Å². The van der Waals surface area contributed by atoms with Gasteiger partial charge < -0.3 is 4.57 Å². The summed E-state index contributed by atoms with van der Waals surface area (Å²) in [6, 6.07) is 38.6. The Morgan fingerprint density at radius 2 is 1.32 bits per heavy atom. The molecule has 0 unspecified atom stereocenters. The van der Waals surface area contributed by atoms with Crippen LogP contribution in [0.3, 0.4) is 0 Å². The number of hydrogen-bond acceptors (Lipinski definition) is 3. The molecule has 0 atom stereocenters. The Morgan fingerprint density at radius 3 is 2.14 bits per heavy atom. The second-order valence-corrected chi connectivity index (χ2v) is 10.6. The molecule has 2 aromatic heterocycles. The van der Waals surface area contributed by atoms with E-state index in [1.54, 1.807) is 24.5 Å². The predicted octanol–water partition coefficient (Wildman–Crippen LogP) is 8.86. The van der Waals surface area contributed by atoms with E-state index in [9.17, 15) is 9.59 Å². The number of para-hydroxylation sites is 2. The molecule has 0 fully saturated rings. The van der Waals surface area contributed by atoms with Gasteiger partial charge in [-0.15, -0.1) is 0 Å². The molecule has 2 amide bonds. The molecule has 5 aromatic carbocycles. The van der Waals surface area contributed by atoms with Crippen molar-refractivity contribution in [2.75, 3.05) is 4.90 Å². The summed E-state index contributed by atoms with van der Waals surface area (Å²) >= 11 is 0. The molecule has 0 bridgehead atoms. The van der Waals surface area contributed by atoms with Crippen molar-refractivity contribution in [3.8, 4) is 27.9 Å². The lowest BCUT2D eigenvalue weighted by molar-refractivity contribution is 0.0926. The summed E-state index contributed by atoms with van der Waals surface area (Å²) in [5.41, 5.74) is 7.61. The molecular weight excluding hydrogens is 544 g/mol. The first-order valence-electron chi connectivity index (χ1n) is 14.2. The quantitative estimate of drug-likeness (QED) is 0.158. The number of fused-ring (bicyclic) bond motifs is 4. The molecule has 0 spiro atoms. The largest absolute Gasteiger partial charge is 0.308 e. The van der Waals surface area contributed by atoms with Crippen LogP contribution >= 0.6 is 0 Å². The first-order chi connectivity index (χ1) is 21.7. The van der Waals surface area contributed by atoms with Crippen molar-refractivity contribution in [1.82, 2.24) is 9.55 Å².